The summed E-state index contributed by atoms with van der Waals surface area (Å²) in [5.41, 5.74) is -0.655. The minimum absolute atomic E-state index is 0.641. The summed E-state index contributed by atoms with van der Waals surface area (Å²) in [7, 11) is -5.90. The van der Waals surface area contributed by atoms with Gasteiger partial charge in [-0.25, -0.2) is 22.0 Å². The van der Waals surface area contributed by atoms with Gasteiger partial charge in [0.2, 0.25) is 17.4 Å². The molecule has 2 N–H and O–H groups in total. The Kier molecular flexibility index (Phi) is 4.59. The molecule has 25 heavy (non-hydrogen) atoms. The van der Waals surface area contributed by atoms with E-state index in [9.17, 15) is 45.5 Å². The van der Waals surface area contributed by atoms with E-state index in [0.29, 0.717) is 12.1 Å². The molecule has 0 aliphatic heterocycles. The fourth-order valence-electron chi connectivity index (χ4n) is 1.77. The fraction of sp³-hybridized carbons (Fsp3) is 0. The SMILES string of the molecule is O=C(Oc1c(F)c(F)c(S(=O)(=O)[O-])c(F)c1F)c1cc(O)cc(O)c1. The summed E-state index contributed by atoms with van der Waals surface area (Å²) in [5.74, 6) is -14.9. The predicted octanol–water partition coefficient (Wildman–Crippen LogP) is 1.78. The van der Waals surface area contributed by atoms with Crippen LogP contribution in [0.3, 0.4) is 0 Å². The summed E-state index contributed by atoms with van der Waals surface area (Å²) < 4.78 is 90.7. The monoisotopic (exact) mass is 381 g/mol. The van der Waals surface area contributed by atoms with Gasteiger partial charge in [0.25, 0.3) is 0 Å². The van der Waals surface area contributed by atoms with Crippen LogP contribution in [0.15, 0.2) is 23.1 Å². The average molecular weight is 381 g/mol. The first kappa shape index (κ1) is 18.5. The van der Waals surface area contributed by atoms with Crippen LogP contribution >= 0.6 is 0 Å². The van der Waals surface area contributed by atoms with E-state index in [1.807, 2.05) is 0 Å². The number of aromatic hydroxyl groups is 2. The largest absolute Gasteiger partial charge is 0.744 e. The van der Waals surface area contributed by atoms with Crippen molar-refractivity contribution >= 4 is 16.1 Å². The Morgan fingerprint density at radius 2 is 1.36 bits per heavy atom. The van der Waals surface area contributed by atoms with E-state index in [-0.39, 0.29) is 0 Å². The van der Waals surface area contributed by atoms with Gasteiger partial charge in [0.05, 0.1) is 5.56 Å². The normalized spacial score (nSPS) is 11.4. The number of phenols is 2. The van der Waals surface area contributed by atoms with Crippen LogP contribution in [-0.2, 0) is 10.1 Å². The number of hydrogen-bond donors (Lipinski definition) is 2. The van der Waals surface area contributed by atoms with Gasteiger partial charge in [0.1, 0.15) is 26.5 Å². The molecule has 0 amide bonds. The molecule has 0 unspecified atom stereocenters. The van der Waals surface area contributed by atoms with Crippen molar-refractivity contribution in [1.82, 2.24) is 0 Å². The molecule has 0 spiro atoms. The van der Waals surface area contributed by atoms with E-state index in [1.165, 1.54) is 0 Å². The zero-order valence-corrected chi connectivity index (χ0v) is 12.4. The molecular formula is C13H5F4O7S-. The van der Waals surface area contributed by atoms with Crippen LogP contribution in [-0.4, -0.2) is 29.2 Å². The molecule has 7 nitrogen and oxygen atoms in total. The second-order valence-corrected chi connectivity index (χ2v) is 5.81. The molecule has 0 heterocycles. The third-order valence-electron chi connectivity index (χ3n) is 2.77. The van der Waals surface area contributed by atoms with Gasteiger partial charge in [-0.05, 0) is 12.1 Å². The highest BCUT2D eigenvalue weighted by Crippen LogP contribution is 2.33. The summed E-state index contributed by atoms with van der Waals surface area (Å²) >= 11 is 0. The van der Waals surface area contributed by atoms with Gasteiger partial charge >= 0.3 is 5.97 Å². The van der Waals surface area contributed by atoms with E-state index in [4.69, 9.17) is 0 Å². The molecule has 0 aromatic heterocycles. The van der Waals surface area contributed by atoms with Gasteiger partial charge in [-0.2, -0.15) is 8.78 Å². The number of hydrogen-bond acceptors (Lipinski definition) is 7. The number of benzene rings is 2. The maximum absolute atomic E-state index is 13.7. The Morgan fingerprint density at radius 1 is 0.920 bits per heavy atom. The van der Waals surface area contributed by atoms with Gasteiger partial charge in [0, 0.05) is 6.07 Å². The van der Waals surface area contributed by atoms with Crippen molar-refractivity contribution in [1.29, 1.82) is 0 Å². The second-order valence-electron chi connectivity index (χ2n) is 4.50. The molecule has 0 saturated heterocycles. The number of phenolic OH excluding ortho intramolecular Hbond substituents is 2. The van der Waals surface area contributed by atoms with Crippen LogP contribution in [0.1, 0.15) is 10.4 Å². The molecule has 0 aliphatic carbocycles. The van der Waals surface area contributed by atoms with Crippen molar-refractivity contribution in [2.24, 2.45) is 0 Å². The lowest BCUT2D eigenvalue weighted by Crippen LogP contribution is -2.16. The highest BCUT2D eigenvalue weighted by molar-refractivity contribution is 7.85. The topological polar surface area (TPSA) is 124 Å². The molecule has 0 fully saturated rings. The van der Waals surface area contributed by atoms with E-state index < -0.39 is 67.1 Å². The Morgan fingerprint density at radius 3 is 1.76 bits per heavy atom. The van der Waals surface area contributed by atoms with E-state index in [2.05, 4.69) is 4.74 Å². The van der Waals surface area contributed by atoms with Gasteiger partial charge in [-0.3, -0.25) is 0 Å². The van der Waals surface area contributed by atoms with Crippen molar-refractivity contribution in [3.63, 3.8) is 0 Å². The summed E-state index contributed by atoms with van der Waals surface area (Å²) in [4.78, 5) is 9.32. The molecule has 2 rings (SSSR count). The molecule has 0 saturated carbocycles. The Balaban J connectivity index is 2.56. The molecule has 0 atom stereocenters. The maximum Gasteiger partial charge on any atom is 0.344 e. The standard InChI is InChI=1S/C13H6F4O7S/c14-7-9(16)12(25(21,22)23)10(17)8(15)11(7)24-13(20)4-1-5(18)3-6(19)2-4/h1-3,18-19H,(H,21,22,23)/p-1. The van der Waals surface area contributed by atoms with E-state index >= 15 is 0 Å². The average Bonchev–Trinajstić information content (AvgIpc) is 2.47. The van der Waals surface area contributed by atoms with E-state index in [0.717, 1.165) is 6.07 Å². The first-order valence-corrected chi connectivity index (χ1v) is 7.41. The van der Waals surface area contributed by atoms with Gasteiger partial charge in [0.15, 0.2) is 11.6 Å². The van der Waals surface area contributed by atoms with Crippen molar-refractivity contribution in [2.45, 2.75) is 4.90 Å². The van der Waals surface area contributed by atoms with Gasteiger partial charge in [-0.1, -0.05) is 0 Å². The number of carbonyl (C=O) groups is 1. The smallest absolute Gasteiger partial charge is 0.344 e. The molecule has 0 aliphatic rings. The first-order valence-electron chi connectivity index (χ1n) is 6.00. The fourth-order valence-corrected chi connectivity index (χ4v) is 2.38. The molecule has 2 aromatic carbocycles. The zero-order valence-electron chi connectivity index (χ0n) is 11.6. The summed E-state index contributed by atoms with van der Waals surface area (Å²) in [6, 6.07) is 2.19. The summed E-state index contributed by atoms with van der Waals surface area (Å²) in [6.45, 7) is 0. The van der Waals surface area contributed by atoms with Gasteiger partial charge < -0.3 is 19.5 Å². The van der Waals surface area contributed by atoms with Crippen molar-refractivity contribution < 1.29 is 50.3 Å². The molecular weight excluding hydrogens is 376 g/mol. The van der Waals surface area contributed by atoms with Crippen molar-refractivity contribution in [3.05, 3.63) is 47.0 Å². The zero-order chi connectivity index (χ0) is 19.1. The van der Waals surface area contributed by atoms with Crippen molar-refractivity contribution in [2.75, 3.05) is 0 Å². The highest BCUT2D eigenvalue weighted by atomic mass is 32.2. The molecule has 12 heteroatoms. The number of carbonyl (C=O) groups excluding carboxylic acids is 1. The highest BCUT2D eigenvalue weighted by Gasteiger charge is 2.31. The number of rotatable bonds is 3. The molecule has 2 aromatic rings. The lowest BCUT2D eigenvalue weighted by atomic mass is 10.2. The minimum atomic E-state index is -5.90. The third kappa shape index (κ3) is 3.49. The Hall–Kier alpha value is -2.86. The van der Waals surface area contributed by atoms with Crippen LogP contribution in [0.4, 0.5) is 17.6 Å². The van der Waals surface area contributed by atoms with Crippen LogP contribution < -0.4 is 4.74 Å². The summed E-state index contributed by atoms with van der Waals surface area (Å²) in [5, 5.41) is 18.4. The Labute approximate surface area is 136 Å². The van der Waals surface area contributed by atoms with Crippen LogP contribution in [0.2, 0.25) is 0 Å². The molecule has 0 bridgehead atoms. The third-order valence-corrected chi connectivity index (χ3v) is 3.62. The molecule has 0 radical (unpaired) electrons. The lowest BCUT2D eigenvalue weighted by Gasteiger charge is -2.14. The van der Waals surface area contributed by atoms with Gasteiger partial charge in [-0.15, -0.1) is 0 Å². The molecule has 134 valence electrons. The van der Waals surface area contributed by atoms with Crippen molar-refractivity contribution in [3.8, 4) is 17.2 Å². The summed E-state index contributed by atoms with van der Waals surface area (Å²) in [6.07, 6.45) is 0. The Bertz CT molecular complexity index is 939. The predicted molar refractivity (Wildman–Crippen MR) is 69.0 cm³/mol. The second kappa shape index (κ2) is 6.22. The first-order chi connectivity index (χ1) is 11.4. The quantitative estimate of drug-likeness (QED) is 0.273. The maximum atomic E-state index is 13.7. The number of ether oxygens (including phenoxy) is 1. The number of esters is 1. The van der Waals surface area contributed by atoms with Crippen LogP contribution in [0.5, 0.6) is 17.2 Å². The van der Waals surface area contributed by atoms with Crippen LogP contribution in [0.25, 0.3) is 0 Å². The lowest BCUT2D eigenvalue weighted by molar-refractivity contribution is 0.0715. The number of halogens is 4. The minimum Gasteiger partial charge on any atom is -0.744 e. The van der Waals surface area contributed by atoms with E-state index in [1.54, 1.807) is 0 Å². The van der Waals surface area contributed by atoms with Crippen LogP contribution in [0, 0.1) is 23.3 Å².